The summed E-state index contributed by atoms with van der Waals surface area (Å²) in [6.45, 7) is 0.236. The van der Waals surface area contributed by atoms with Gasteiger partial charge in [0.15, 0.2) is 17.4 Å². The van der Waals surface area contributed by atoms with Crippen LogP contribution in [0.4, 0.5) is 0 Å². The van der Waals surface area contributed by atoms with Crippen molar-refractivity contribution < 1.29 is 9.57 Å². The lowest BCUT2D eigenvalue weighted by atomic mass is 10.4. The molecule has 0 aromatic rings. The minimum atomic E-state index is -0.580. The average Bonchev–Trinajstić information content (AvgIpc) is 1.69. The SMILES string of the molecule is O=[SiH]CCCCO.[AlH3]. The number of aliphatic hydroxyl groups excluding tert-OH is 1. The van der Waals surface area contributed by atoms with E-state index in [1.54, 1.807) is 0 Å². The number of unbranched alkanes of at least 4 members (excludes halogenated alkanes) is 1. The lowest BCUT2D eigenvalue weighted by Gasteiger charge is -1.85. The van der Waals surface area contributed by atoms with E-state index in [-0.39, 0.29) is 24.0 Å². The van der Waals surface area contributed by atoms with Crippen LogP contribution in [-0.2, 0) is 4.46 Å². The van der Waals surface area contributed by atoms with Gasteiger partial charge in [0.25, 0.3) is 9.41 Å². The molecule has 0 aliphatic heterocycles. The molecule has 0 saturated heterocycles. The summed E-state index contributed by atoms with van der Waals surface area (Å²) in [4.78, 5) is 0. The number of hydrogen-bond acceptors (Lipinski definition) is 2. The third kappa shape index (κ3) is 9.72. The van der Waals surface area contributed by atoms with E-state index in [1.165, 1.54) is 0 Å². The van der Waals surface area contributed by atoms with Crippen molar-refractivity contribution in [3.05, 3.63) is 0 Å². The van der Waals surface area contributed by atoms with Gasteiger partial charge in [0.1, 0.15) is 0 Å². The summed E-state index contributed by atoms with van der Waals surface area (Å²) in [7, 11) is -0.580. The Balaban J connectivity index is 0. The van der Waals surface area contributed by atoms with Crippen molar-refractivity contribution in [3.8, 4) is 0 Å². The normalized spacial score (nSPS) is 7.62. The first-order valence-corrected chi connectivity index (χ1v) is 3.75. The highest BCUT2D eigenvalue weighted by molar-refractivity contribution is 6.16. The van der Waals surface area contributed by atoms with E-state index in [0.29, 0.717) is 0 Å². The zero-order chi connectivity index (χ0) is 5.54. The second-order valence-corrected chi connectivity index (χ2v) is 2.30. The van der Waals surface area contributed by atoms with E-state index in [4.69, 9.17) is 5.11 Å². The Kier molecular flexibility index (Phi) is 14.8. The second kappa shape index (κ2) is 10.5. The minimum Gasteiger partial charge on any atom is -0.396 e. The Morgan fingerprint density at radius 3 is 2.38 bits per heavy atom. The summed E-state index contributed by atoms with van der Waals surface area (Å²) in [5, 5.41) is 8.20. The van der Waals surface area contributed by atoms with Gasteiger partial charge in [0, 0.05) is 6.61 Å². The average molecular weight is 148 g/mol. The van der Waals surface area contributed by atoms with Gasteiger partial charge in [-0.15, -0.1) is 0 Å². The fourth-order valence-corrected chi connectivity index (χ4v) is 0.795. The largest absolute Gasteiger partial charge is 0.396 e. The number of rotatable bonds is 4. The summed E-state index contributed by atoms with van der Waals surface area (Å²) in [5.74, 6) is 0. The van der Waals surface area contributed by atoms with Gasteiger partial charge in [0.05, 0.1) is 0 Å². The van der Waals surface area contributed by atoms with E-state index < -0.39 is 9.41 Å². The molecule has 1 N–H and O–H groups in total. The third-order valence-electron chi connectivity index (χ3n) is 0.730. The van der Waals surface area contributed by atoms with Crippen molar-refractivity contribution in [2.75, 3.05) is 6.61 Å². The molecule has 0 aliphatic carbocycles. The molecule has 0 bridgehead atoms. The maximum absolute atomic E-state index is 9.81. The molecule has 2 nitrogen and oxygen atoms in total. The van der Waals surface area contributed by atoms with Gasteiger partial charge in [-0.05, 0) is 18.9 Å². The summed E-state index contributed by atoms with van der Waals surface area (Å²) in [6.07, 6.45) is 1.71. The summed E-state index contributed by atoms with van der Waals surface area (Å²) >= 11 is 0. The van der Waals surface area contributed by atoms with Gasteiger partial charge < -0.3 is 9.57 Å². The highest BCUT2D eigenvalue weighted by Gasteiger charge is 1.82. The highest BCUT2D eigenvalue weighted by Crippen LogP contribution is 1.89. The van der Waals surface area contributed by atoms with Gasteiger partial charge in [-0.2, -0.15) is 0 Å². The Hall–Kier alpha value is 0.509. The zero-order valence-corrected chi connectivity index (χ0v) is 5.42. The fourth-order valence-electron chi connectivity index (χ4n) is 0.339. The van der Waals surface area contributed by atoms with Gasteiger partial charge in [-0.25, -0.2) is 0 Å². The molecular weight excluding hydrogens is 135 g/mol. The molecule has 0 rings (SSSR count). The lowest BCUT2D eigenvalue weighted by Crippen LogP contribution is -1.81. The van der Waals surface area contributed by atoms with Gasteiger partial charge >= 0.3 is 0 Å². The van der Waals surface area contributed by atoms with E-state index in [1.807, 2.05) is 0 Å². The molecular formula is C4H13AlO2Si. The van der Waals surface area contributed by atoms with Crippen molar-refractivity contribution in [2.45, 2.75) is 18.9 Å². The quantitative estimate of drug-likeness (QED) is 0.400. The lowest BCUT2D eigenvalue weighted by molar-refractivity contribution is 0.287. The summed E-state index contributed by atoms with van der Waals surface area (Å²) in [5.41, 5.74) is 0. The predicted molar refractivity (Wildman–Crippen MR) is 38.9 cm³/mol. The van der Waals surface area contributed by atoms with Crippen LogP contribution in [-0.4, -0.2) is 38.5 Å². The van der Waals surface area contributed by atoms with Crippen molar-refractivity contribution in [1.82, 2.24) is 0 Å². The van der Waals surface area contributed by atoms with Crippen LogP contribution < -0.4 is 0 Å². The first-order valence-electron chi connectivity index (χ1n) is 2.46. The topological polar surface area (TPSA) is 37.3 Å². The predicted octanol–water partition coefficient (Wildman–Crippen LogP) is -1.22. The Morgan fingerprint density at radius 2 is 2.00 bits per heavy atom. The first-order chi connectivity index (χ1) is 3.41. The zero-order valence-electron chi connectivity index (χ0n) is 4.26. The smallest absolute Gasteiger partial charge is 0.261 e. The van der Waals surface area contributed by atoms with Crippen LogP contribution in [0.3, 0.4) is 0 Å². The van der Waals surface area contributed by atoms with Crippen LogP contribution in [0, 0.1) is 0 Å². The molecule has 0 aromatic carbocycles. The Labute approximate surface area is 62.3 Å². The monoisotopic (exact) mass is 148 g/mol. The van der Waals surface area contributed by atoms with E-state index in [0.717, 1.165) is 18.9 Å². The molecule has 0 aliphatic rings. The molecule has 48 valence electrons. The van der Waals surface area contributed by atoms with E-state index in [2.05, 4.69) is 0 Å². The molecule has 0 radical (unpaired) electrons. The van der Waals surface area contributed by atoms with E-state index >= 15 is 0 Å². The number of hydrogen-bond donors (Lipinski definition) is 1. The maximum atomic E-state index is 9.81. The highest BCUT2D eigenvalue weighted by atomic mass is 28.2. The van der Waals surface area contributed by atoms with Gasteiger partial charge in [0.2, 0.25) is 0 Å². The molecule has 0 fully saturated rings. The fraction of sp³-hybridized carbons (Fsp3) is 1.00. The van der Waals surface area contributed by atoms with Gasteiger partial charge in [-0.3, -0.25) is 0 Å². The molecule has 0 unspecified atom stereocenters. The Bertz CT molecular complexity index is 51.3. The van der Waals surface area contributed by atoms with Crippen molar-refractivity contribution >= 4 is 26.8 Å². The molecule has 4 heteroatoms. The van der Waals surface area contributed by atoms with Crippen LogP contribution in [0.5, 0.6) is 0 Å². The number of aliphatic hydroxyl groups is 1. The molecule has 8 heavy (non-hydrogen) atoms. The van der Waals surface area contributed by atoms with Crippen LogP contribution in [0.25, 0.3) is 0 Å². The molecule has 0 saturated carbocycles. The minimum absolute atomic E-state index is 0. The molecule has 0 amide bonds. The van der Waals surface area contributed by atoms with Gasteiger partial charge in [-0.1, -0.05) is 0 Å². The van der Waals surface area contributed by atoms with Crippen molar-refractivity contribution in [1.29, 1.82) is 0 Å². The van der Waals surface area contributed by atoms with Crippen molar-refractivity contribution in [2.24, 2.45) is 0 Å². The second-order valence-electron chi connectivity index (χ2n) is 1.39. The van der Waals surface area contributed by atoms with Crippen LogP contribution in [0.2, 0.25) is 6.04 Å². The summed E-state index contributed by atoms with van der Waals surface area (Å²) in [6, 6.07) is 0.792. The van der Waals surface area contributed by atoms with Crippen molar-refractivity contribution in [3.63, 3.8) is 0 Å². The maximum Gasteiger partial charge on any atom is 0.261 e. The first kappa shape index (κ1) is 11.3. The van der Waals surface area contributed by atoms with E-state index in [9.17, 15) is 4.46 Å². The van der Waals surface area contributed by atoms with Crippen LogP contribution >= 0.6 is 0 Å². The standard InChI is InChI=1S/C4H10O2Si.Al.3H/c5-3-1-2-4-7-6;;;;/h5,7H,1-4H2;;;;. The molecule has 0 aromatic heterocycles. The Morgan fingerprint density at radius 1 is 1.38 bits per heavy atom. The molecule has 0 spiro atoms. The molecule has 0 atom stereocenters. The van der Waals surface area contributed by atoms with Crippen LogP contribution in [0.1, 0.15) is 12.8 Å². The summed E-state index contributed by atoms with van der Waals surface area (Å²) < 4.78 is 9.81. The third-order valence-corrected chi connectivity index (χ3v) is 1.37. The van der Waals surface area contributed by atoms with Crippen LogP contribution in [0.15, 0.2) is 0 Å². The molecule has 0 heterocycles.